The summed E-state index contributed by atoms with van der Waals surface area (Å²) in [6.07, 6.45) is 2.04. The monoisotopic (exact) mass is 302 g/mol. The van der Waals surface area contributed by atoms with E-state index in [2.05, 4.69) is 40.3 Å². The van der Waals surface area contributed by atoms with Gasteiger partial charge < -0.3 is 4.90 Å². The molecule has 4 heteroatoms. The first kappa shape index (κ1) is 13.9. The summed E-state index contributed by atoms with van der Waals surface area (Å²) in [4.78, 5) is 13.9. The van der Waals surface area contributed by atoms with Gasteiger partial charge in [0.2, 0.25) is 0 Å². The molecule has 2 heterocycles. The van der Waals surface area contributed by atoms with Crippen LogP contribution in [0.4, 0.5) is 5.69 Å². The minimum Gasteiger partial charge on any atom is -0.312 e. The summed E-state index contributed by atoms with van der Waals surface area (Å²) in [5.41, 5.74) is 2.90. The summed E-state index contributed by atoms with van der Waals surface area (Å²) < 4.78 is 0. The molecular weight excluding hydrogens is 284 g/mol. The smallest absolute Gasteiger partial charge is 0.184 e. The van der Waals surface area contributed by atoms with Crippen molar-refractivity contribution >= 4 is 22.8 Å². The summed E-state index contributed by atoms with van der Waals surface area (Å²) in [6.45, 7) is 0. The van der Waals surface area contributed by atoms with Gasteiger partial charge in [-0.05, 0) is 38.4 Å². The van der Waals surface area contributed by atoms with Gasteiger partial charge in [-0.1, -0.05) is 36.4 Å². The highest BCUT2D eigenvalue weighted by Gasteiger charge is 2.21. The number of para-hydroxylation sites is 2. The van der Waals surface area contributed by atoms with E-state index in [4.69, 9.17) is 9.98 Å². The molecule has 1 atom stereocenters. The third-order valence-electron chi connectivity index (χ3n) is 4.01. The highest BCUT2D eigenvalue weighted by atomic mass is 15.4. The van der Waals surface area contributed by atoms with Crippen LogP contribution in [0.3, 0.4) is 0 Å². The Hall–Kier alpha value is -2.72. The summed E-state index contributed by atoms with van der Waals surface area (Å²) in [6, 6.07) is 20.6. The van der Waals surface area contributed by atoms with E-state index in [1.165, 1.54) is 0 Å². The van der Waals surface area contributed by atoms with E-state index in [1.54, 1.807) is 0 Å². The molecule has 0 saturated carbocycles. The van der Waals surface area contributed by atoms with Gasteiger partial charge >= 0.3 is 0 Å². The predicted octanol–water partition coefficient (Wildman–Crippen LogP) is 1.96. The van der Waals surface area contributed by atoms with Crippen LogP contribution < -0.4 is 15.6 Å². The third-order valence-corrected chi connectivity index (χ3v) is 4.01. The SMILES string of the molecule is CN(C)C1N=c2nc3ccccc3cc2=CN1c1ccccc1. The van der Waals surface area contributed by atoms with Gasteiger partial charge in [0.15, 0.2) is 11.8 Å². The summed E-state index contributed by atoms with van der Waals surface area (Å²) >= 11 is 0. The number of aromatic nitrogens is 1. The van der Waals surface area contributed by atoms with Gasteiger partial charge in [0.1, 0.15) is 0 Å². The number of hydrogen-bond donors (Lipinski definition) is 0. The minimum absolute atomic E-state index is 0.0986. The van der Waals surface area contributed by atoms with Crippen LogP contribution in [0.25, 0.3) is 17.1 Å². The Kier molecular flexibility index (Phi) is 3.32. The highest BCUT2D eigenvalue weighted by molar-refractivity contribution is 5.78. The van der Waals surface area contributed by atoms with Crippen LogP contribution in [0.5, 0.6) is 0 Å². The second kappa shape index (κ2) is 5.48. The lowest BCUT2D eigenvalue weighted by atomic mass is 10.2. The van der Waals surface area contributed by atoms with Gasteiger partial charge in [-0.15, -0.1) is 0 Å². The van der Waals surface area contributed by atoms with Crippen LogP contribution in [0.1, 0.15) is 0 Å². The Morgan fingerprint density at radius 1 is 0.957 bits per heavy atom. The van der Waals surface area contributed by atoms with E-state index < -0.39 is 0 Å². The number of benzene rings is 2. The maximum Gasteiger partial charge on any atom is 0.184 e. The van der Waals surface area contributed by atoms with Crippen LogP contribution in [0.2, 0.25) is 0 Å². The second-order valence-corrected chi connectivity index (χ2v) is 5.90. The van der Waals surface area contributed by atoms with E-state index in [0.717, 1.165) is 27.3 Å². The summed E-state index contributed by atoms with van der Waals surface area (Å²) in [5.74, 6) is 0. The molecule has 0 fully saturated rings. The molecule has 1 aliphatic heterocycles. The molecule has 4 rings (SSSR count). The van der Waals surface area contributed by atoms with Crippen molar-refractivity contribution in [2.45, 2.75) is 6.29 Å². The van der Waals surface area contributed by atoms with E-state index >= 15 is 0 Å². The van der Waals surface area contributed by atoms with Crippen molar-refractivity contribution in [1.82, 2.24) is 9.88 Å². The minimum atomic E-state index is -0.0986. The van der Waals surface area contributed by atoms with Gasteiger partial charge in [0.05, 0.1) is 5.52 Å². The zero-order valence-corrected chi connectivity index (χ0v) is 13.2. The first-order valence-corrected chi connectivity index (χ1v) is 7.68. The molecule has 23 heavy (non-hydrogen) atoms. The van der Waals surface area contributed by atoms with Crippen molar-refractivity contribution in [3.63, 3.8) is 0 Å². The van der Waals surface area contributed by atoms with Gasteiger partial charge in [-0.2, -0.15) is 0 Å². The van der Waals surface area contributed by atoms with Crippen molar-refractivity contribution in [2.75, 3.05) is 19.0 Å². The quantitative estimate of drug-likeness (QED) is 0.725. The lowest BCUT2D eigenvalue weighted by molar-refractivity contribution is 0.301. The van der Waals surface area contributed by atoms with Gasteiger partial charge in [0.25, 0.3) is 0 Å². The van der Waals surface area contributed by atoms with Crippen molar-refractivity contribution < 1.29 is 0 Å². The number of anilines is 1. The first-order chi connectivity index (χ1) is 11.2. The van der Waals surface area contributed by atoms with Crippen LogP contribution in [-0.2, 0) is 0 Å². The standard InChI is InChI=1S/C19H18N4/c1-22(2)19-21-18-15(12-14-8-6-7-11-17(14)20-18)13-23(19)16-9-4-3-5-10-16/h3-13,19H,1-2H3. The fourth-order valence-electron chi connectivity index (χ4n) is 2.88. The number of rotatable bonds is 2. The lowest BCUT2D eigenvalue weighted by Crippen LogP contribution is -2.49. The molecule has 0 radical (unpaired) electrons. The average molecular weight is 302 g/mol. The Balaban J connectivity index is 1.96. The molecule has 0 bridgehead atoms. The normalized spacial score (nSPS) is 16.8. The van der Waals surface area contributed by atoms with Crippen LogP contribution in [0, 0.1) is 0 Å². The number of fused-ring (bicyclic) bond motifs is 2. The van der Waals surface area contributed by atoms with Crippen molar-refractivity contribution in [3.05, 3.63) is 71.4 Å². The fraction of sp³-hybridized carbons (Fsp3) is 0.158. The predicted molar refractivity (Wildman–Crippen MR) is 93.4 cm³/mol. The summed E-state index contributed by atoms with van der Waals surface area (Å²) in [5, 5.41) is 2.18. The molecule has 4 nitrogen and oxygen atoms in total. The van der Waals surface area contributed by atoms with Crippen molar-refractivity contribution in [1.29, 1.82) is 0 Å². The average Bonchev–Trinajstić information content (AvgIpc) is 2.59. The molecule has 1 aromatic heterocycles. The number of pyridine rings is 1. The molecule has 0 spiro atoms. The maximum absolute atomic E-state index is 4.86. The van der Waals surface area contributed by atoms with Crippen LogP contribution >= 0.6 is 0 Å². The zero-order chi connectivity index (χ0) is 15.8. The molecule has 0 aliphatic carbocycles. The largest absolute Gasteiger partial charge is 0.312 e. The van der Waals surface area contributed by atoms with Gasteiger partial charge in [-0.3, -0.25) is 4.90 Å². The molecule has 0 saturated heterocycles. The number of hydrogen-bond acceptors (Lipinski definition) is 4. The van der Waals surface area contributed by atoms with Crippen LogP contribution in [-0.4, -0.2) is 30.3 Å². The lowest BCUT2D eigenvalue weighted by Gasteiger charge is -2.33. The molecule has 0 amide bonds. The van der Waals surface area contributed by atoms with E-state index in [9.17, 15) is 0 Å². The molecule has 2 aromatic carbocycles. The Morgan fingerprint density at radius 2 is 1.70 bits per heavy atom. The third kappa shape index (κ3) is 2.47. The van der Waals surface area contributed by atoms with Gasteiger partial charge in [0, 0.05) is 22.5 Å². The summed E-state index contributed by atoms with van der Waals surface area (Å²) in [7, 11) is 4.06. The molecular formula is C19H18N4. The molecule has 3 aromatic rings. The van der Waals surface area contributed by atoms with E-state index in [0.29, 0.717) is 0 Å². The molecule has 1 unspecified atom stereocenters. The highest BCUT2D eigenvalue weighted by Crippen LogP contribution is 2.20. The Morgan fingerprint density at radius 3 is 2.48 bits per heavy atom. The second-order valence-electron chi connectivity index (χ2n) is 5.90. The van der Waals surface area contributed by atoms with E-state index in [1.807, 2.05) is 50.5 Å². The molecule has 1 aliphatic rings. The van der Waals surface area contributed by atoms with Gasteiger partial charge in [-0.25, -0.2) is 9.98 Å². The van der Waals surface area contributed by atoms with E-state index in [-0.39, 0.29) is 6.29 Å². The zero-order valence-electron chi connectivity index (χ0n) is 13.2. The van der Waals surface area contributed by atoms with Crippen molar-refractivity contribution in [3.8, 4) is 0 Å². The fourth-order valence-corrected chi connectivity index (χ4v) is 2.88. The topological polar surface area (TPSA) is 31.7 Å². The number of nitrogens with zero attached hydrogens (tertiary/aromatic N) is 4. The molecule has 114 valence electrons. The van der Waals surface area contributed by atoms with Crippen LogP contribution in [0.15, 0.2) is 65.7 Å². The Bertz CT molecular complexity index is 964. The van der Waals surface area contributed by atoms with Crippen molar-refractivity contribution in [2.24, 2.45) is 4.99 Å². The Labute approximate surface area is 135 Å². The first-order valence-electron chi connectivity index (χ1n) is 7.68. The maximum atomic E-state index is 4.86. The molecule has 0 N–H and O–H groups in total.